The van der Waals surface area contributed by atoms with Crippen LogP contribution in [0.3, 0.4) is 0 Å². The summed E-state index contributed by atoms with van der Waals surface area (Å²) in [5, 5.41) is 0. The fraction of sp³-hybridized carbons (Fsp3) is 0.154. The van der Waals surface area contributed by atoms with Crippen LogP contribution < -0.4 is 10.5 Å². The van der Waals surface area contributed by atoms with Crippen LogP contribution in [-0.2, 0) is 6.42 Å². The predicted octanol–water partition coefficient (Wildman–Crippen LogP) is 3.35. The highest BCUT2D eigenvalue weighted by molar-refractivity contribution is 9.10. The van der Waals surface area contributed by atoms with Gasteiger partial charge in [0.25, 0.3) is 5.91 Å². The molecular formula is C13H9BrFNO2S. The van der Waals surface area contributed by atoms with E-state index in [1.807, 2.05) is 0 Å². The Morgan fingerprint density at radius 3 is 2.95 bits per heavy atom. The van der Waals surface area contributed by atoms with Gasteiger partial charge in [-0.15, -0.1) is 11.3 Å². The molecule has 2 N–H and O–H groups in total. The van der Waals surface area contributed by atoms with Crippen LogP contribution in [0, 0.1) is 5.82 Å². The van der Waals surface area contributed by atoms with Crippen molar-refractivity contribution in [3.8, 4) is 16.2 Å². The van der Waals surface area contributed by atoms with E-state index in [0.29, 0.717) is 28.1 Å². The Balaban J connectivity index is 2.23. The Kier molecular flexibility index (Phi) is 3.06. The van der Waals surface area contributed by atoms with E-state index in [4.69, 9.17) is 10.5 Å². The maximum atomic E-state index is 13.6. The highest BCUT2D eigenvalue weighted by atomic mass is 79.9. The van der Waals surface area contributed by atoms with Gasteiger partial charge in [0.2, 0.25) is 0 Å². The number of fused-ring (bicyclic) bond motifs is 3. The summed E-state index contributed by atoms with van der Waals surface area (Å²) < 4.78 is 19.5. The number of ether oxygens (including phenoxy) is 1. The van der Waals surface area contributed by atoms with Gasteiger partial charge in [-0.25, -0.2) is 4.39 Å². The summed E-state index contributed by atoms with van der Waals surface area (Å²) in [5.41, 5.74) is 7.11. The summed E-state index contributed by atoms with van der Waals surface area (Å²) >= 11 is 4.49. The standard InChI is InChI=1S/C13H9BrFNO2S/c14-8-4-7-10(5-9(8)15)18-2-1-6-3-11(13(16)17)19-12(6)7/h3-5H,1-2H2,(H2,16,17). The summed E-state index contributed by atoms with van der Waals surface area (Å²) in [6.07, 6.45) is 0.674. The predicted molar refractivity (Wildman–Crippen MR) is 75.1 cm³/mol. The Morgan fingerprint density at radius 1 is 1.42 bits per heavy atom. The minimum Gasteiger partial charge on any atom is -0.492 e. The van der Waals surface area contributed by atoms with Crippen LogP contribution in [0.15, 0.2) is 22.7 Å². The molecule has 3 rings (SSSR count). The van der Waals surface area contributed by atoms with Crippen molar-refractivity contribution in [1.82, 2.24) is 0 Å². The Bertz CT molecular complexity index is 684. The van der Waals surface area contributed by atoms with Crippen molar-refractivity contribution in [2.75, 3.05) is 6.61 Å². The van der Waals surface area contributed by atoms with Crippen LogP contribution in [-0.4, -0.2) is 12.5 Å². The molecule has 1 aliphatic heterocycles. The Labute approximate surface area is 121 Å². The number of primary amides is 1. The molecule has 2 aromatic rings. The molecule has 0 atom stereocenters. The number of halogens is 2. The second-order valence-corrected chi connectivity index (χ2v) is 6.10. The number of benzene rings is 1. The molecule has 19 heavy (non-hydrogen) atoms. The first-order valence-corrected chi connectivity index (χ1v) is 7.22. The van der Waals surface area contributed by atoms with Crippen LogP contribution in [0.4, 0.5) is 4.39 Å². The van der Waals surface area contributed by atoms with Gasteiger partial charge >= 0.3 is 0 Å². The second-order valence-electron chi connectivity index (χ2n) is 4.19. The number of hydrogen-bond donors (Lipinski definition) is 1. The van der Waals surface area contributed by atoms with Gasteiger partial charge in [-0.1, -0.05) is 0 Å². The van der Waals surface area contributed by atoms with Crippen molar-refractivity contribution >= 4 is 33.2 Å². The topological polar surface area (TPSA) is 52.3 Å². The number of carbonyl (C=O) groups excluding carboxylic acids is 1. The zero-order valence-corrected chi connectivity index (χ0v) is 12.1. The lowest BCUT2D eigenvalue weighted by atomic mass is 10.1. The van der Waals surface area contributed by atoms with Crippen molar-refractivity contribution < 1.29 is 13.9 Å². The van der Waals surface area contributed by atoms with Crippen molar-refractivity contribution in [2.24, 2.45) is 5.73 Å². The summed E-state index contributed by atoms with van der Waals surface area (Å²) in [5.74, 6) is -0.312. The highest BCUT2D eigenvalue weighted by Gasteiger charge is 2.21. The molecule has 0 fully saturated rings. The van der Waals surface area contributed by atoms with Crippen LogP contribution in [0.5, 0.6) is 5.75 Å². The van der Waals surface area contributed by atoms with E-state index in [0.717, 1.165) is 16.0 Å². The molecular weight excluding hydrogens is 333 g/mol. The molecule has 1 aromatic heterocycles. The molecule has 2 heterocycles. The molecule has 6 heteroatoms. The largest absolute Gasteiger partial charge is 0.492 e. The molecule has 3 nitrogen and oxygen atoms in total. The molecule has 98 valence electrons. The number of thiophene rings is 1. The number of rotatable bonds is 1. The average molecular weight is 342 g/mol. The van der Waals surface area contributed by atoms with Gasteiger partial charge in [-0.05, 0) is 33.6 Å². The van der Waals surface area contributed by atoms with E-state index >= 15 is 0 Å². The molecule has 0 saturated carbocycles. The number of amides is 1. The minimum absolute atomic E-state index is 0.367. The van der Waals surface area contributed by atoms with Gasteiger partial charge in [-0.3, -0.25) is 4.79 Å². The van der Waals surface area contributed by atoms with Gasteiger partial charge in [0.15, 0.2) is 0 Å². The van der Waals surface area contributed by atoms with E-state index in [-0.39, 0.29) is 5.82 Å². The normalized spacial score (nSPS) is 13.2. The molecule has 0 spiro atoms. The van der Waals surface area contributed by atoms with Crippen LogP contribution in [0.25, 0.3) is 10.4 Å². The number of nitrogens with two attached hydrogens (primary N) is 1. The first-order valence-electron chi connectivity index (χ1n) is 5.61. The van der Waals surface area contributed by atoms with Gasteiger partial charge in [0.05, 0.1) is 16.0 Å². The van der Waals surface area contributed by atoms with Crippen molar-refractivity contribution in [3.63, 3.8) is 0 Å². The van der Waals surface area contributed by atoms with Gasteiger partial charge < -0.3 is 10.5 Å². The molecule has 1 aromatic carbocycles. The summed E-state index contributed by atoms with van der Waals surface area (Å²) in [4.78, 5) is 12.7. The molecule has 1 amide bonds. The van der Waals surface area contributed by atoms with E-state index < -0.39 is 5.91 Å². The zero-order valence-electron chi connectivity index (χ0n) is 9.70. The third-order valence-corrected chi connectivity index (χ3v) is 4.78. The summed E-state index contributed by atoms with van der Waals surface area (Å²) in [6, 6.07) is 4.83. The Morgan fingerprint density at radius 2 is 2.21 bits per heavy atom. The first kappa shape index (κ1) is 12.6. The average Bonchev–Trinajstić information content (AvgIpc) is 2.71. The fourth-order valence-electron chi connectivity index (χ4n) is 2.06. The summed E-state index contributed by atoms with van der Waals surface area (Å²) in [7, 11) is 0. The molecule has 0 unspecified atom stereocenters. The number of hydrogen-bond acceptors (Lipinski definition) is 3. The lowest BCUT2D eigenvalue weighted by Crippen LogP contribution is -2.08. The van der Waals surface area contributed by atoms with E-state index in [9.17, 15) is 9.18 Å². The summed E-state index contributed by atoms with van der Waals surface area (Å²) in [6.45, 7) is 0.454. The second kappa shape index (κ2) is 4.61. The minimum atomic E-state index is -0.443. The third-order valence-electron chi connectivity index (χ3n) is 2.95. The van der Waals surface area contributed by atoms with Crippen LogP contribution in [0.2, 0.25) is 0 Å². The fourth-order valence-corrected chi connectivity index (χ4v) is 3.49. The van der Waals surface area contributed by atoms with Crippen molar-refractivity contribution in [3.05, 3.63) is 38.9 Å². The van der Waals surface area contributed by atoms with E-state index in [1.54, 1.807) is 12.1 Å². The highest BCUT2D eigenvalue weighted by Crippen LogP contribution is 2.42. The maximum Gasteiger partial charge on any atom is 0.258 e. The lowest BCUT2D eigenvalue weighted by Gasteiger charge is -2.08. The maximum absolute atomic E-state index is 13.6. The van der Waals surface area contributed by atoms with Crippen molar-refractivity contribution in [1.29, 1.82) is 0 Å². The third kappa shape index (κ3) is 2.15. The van der Waals surface area contributed by atoms with Crippen LogP contribution in [0.1, 0.15) is 15.2 Å². The number of carbonyl (C=O) groups is 1. The van der Waals surface area contributed by atoms with Gasteiger partial charge in [0.1, 0.15) is 11.6 Å². The molecule has 1 aliphatic rings. The first-order chi connectivity index (χ1) is 9.06. The lowest BCUT2D eigenvalue weighted by molar-refractivity contribution is 0.100. The zero-order chi connectivity index (χ0) is 13.6. The molecule has 0 bridgehead atoms. The Hall–Kier alpha value is -1.40. The molecule has 0 aliphatic carbocycles. The molecule has 0 saturated heterocycles. The van der Waals surface area contributed by atoms with Crippen LogP contribution >= 0.6 is 27.3 Å². The SMILES string of the molecule is NC(=O)c1cc2c(s1)-c1cc(Br)c(F)cc1OCC2. The smallest absolute Gasteiger partial charge is 0.258 e. The van der Waals surface area contributed by atoms with Gasteiger partial charge in [-0.2, -0.15) is 0 Å². The monoisotopic (exact) mass is 341 g/mol. The molecule has 0 radical (unpaired) electrons. The van der Waals surface area contributed by atoms with E-state index in [1.165, 1.54) is 17.4 Å². The van der Waals surface area contributed by atoms with Gasteiger partial charge in [0, 0.05) is 22.9 Å². The quantitative estimate of drug-likeness (QED) is 0.864. The van der Waals surface area contributed by atoms with Crippen molar-refractivity contribution in [2.45, 2.75) is 6.42 Å². The van der Waals surface area contributed by atoms with E-state index in [2.05, 4.69) is 15.9 Å².